The van der Waals surface area contributed by atoms with Crippen molar-refractivity contribution in [3.63, 3.8) is 0 Å². The molecule has 5 heteroatoms. The molecule has 2 aromatic rings. The minimum atomic E-state index is 0.177. The van der Waals surface area contributed by atoms with Gasteiger partial charge in [0.25, 0.3) is 0 Å². The number of nitrogens with one attached hydrogen (secondary N) is 1. The highest BCUT2D eigenvalue weighted by Gasteiger charge is 2.32. The maximum Gasteiger partial charge on any atom is 0.221 e. The van der Waals surface area contributed by atoms with Crippen LogP contribution >= 0.6 is 0 Å². The van der Waals surface area contributed by atoms with Gasteiger partial charge in [0.15, 0.2) is 5.82 Å². The van der Waals surface area contributed by atoms with E-state index in [1.54, 1.807) is 12.4 Å². The molecule has 1 unspecified atom stereocenters. The van der Waals surface area contributed by atoms with E-state index in [1.807, 2.05) is 16.8 Å². The van der Waals surface area contributed by atoms with Crippen LogP contribution in [0.2, 0.25) is 0 Å². The number of nitrogens with zero attached hydrogens (tertiary/aromatic N) is 4. The first kappa shape index (κ1) is 12.1. The number of fused-ring (bicyclic) bond motifs is 1. The molecule has 5 nitrogen and oxygen atoms in total. The van der Waals surface area contributed by atoms with Crippen LogP contribution in [0.25, 0.3) is 11.4 Å². The summed E-state index contributed by atoms with van der Waals surface area (Å²) in [7, 11) is 0. The molecule has 0 bridgehead atoms. The van der Waals surface area contributed by atoms with E-state index in [0.717, 1.165) is 30.3 Å². The smallest absolute Gasteiger partial charge is 0.221 e. The van der Waals surface area contributed by atoms with Gasteiger partial charge in [-0.1, -0.05) is 20.8 Å². The second-order valence-electron chi connectivity index (χ2n) is 6.04. The monoisotopic (exact) mass is 257 g/mol. The zero-order valence-corrected chi connectivity index (χ0v) is 11.6. The molecule has 3 rings (SSSR count). The van der Waals surface area contributed by atoms with E-state index in [4.69, 9.17) is 0 Å². The molecule has 1 atom stereocenters. The van der Waals surface area contributed by atoms with Crippen LogP contribution in [-0.4, -0.2) is 26.3 Å². The van der Waals surface area contributed by atoms with Crippen molar-refractivity contribution >= 4 is 5.95 Å². The summed E-state index contributed by atoms with van der Waals surface area (Å²) in [6.45, 7) is 7.70. The molecule has 1 aliphatic heterocycles. The average molecular weight is 257 g/mol. The largest absolute Gasteiger partial charge is 0.354 e. The third-order valence-corrected chi connectivity index (χ3v) is 3.55. The van der Waals surface area contributed by atoms with Gasteiger partial charge in [-0.3, -0.25) is 4.98 Å². The molecule has 2 aromatic heterocycles. The lowest BCUT2D eigenvalue weighted by Crippen LogP contribution is -2.32. The maximum atomic E-state index is 4.67. The summed E-state index contributed by atoms with van der Waals surface area (Å²) in [6, 6.07) is 4.27. The standard InChI is InChI=1S/C14H19N5/c1-14(2,3)11-6-8-16-13-17-12(18-19(11)13)10-5-4-7-15-9-10/h4-5,7,9,11H,6,8H2,1-3H3,(H,16,17,18). The molecule has 3 heterocycles. The van der Waals surface area contributed by atoms with Crippen molar-refractivity contribution in [3.05, 3.63) is 24.5 Å². The van der Waals surface area contributed by atoms with Gasteiger partial charge < -0.3 is 5.32 Å². The fourth-order valence-corrected chi connectivity index (χ4v) is 2.52. The zero-order valence-electron chi connectivity index (χ0n) is 11.6. The highest BCUT2D eigenvalue weighted by molar-refractivity contribution is 5.55. The summed E-state index contributed by atoms with van der Waals surface area (Å²) in [6.07, 6.45) is 4.63. The predicted octanol–water partition coefficient (Wildman–Crippen LogP) is 2.74. The molecule has 0 radical (unpaired) electrons. The van der Waals surface area contributed by atoms with Crippen LogP contribution in [0.4, 0.5) is 5.95 Å². The van der Waals surface area contributed by atoms with Gasteiger partial charge in [-0.25, -0.2) is 4.68 Å². The third kappa shape index (κ3) is 2.20. The second-order valence-corrected chi connectivity index (χ2v) is 6.04. The Morgan fingerprint density at radius 3 is 2.89 bits per heavy atom. The van der Waals surface area contributed by atoms with E-state index in [1.165, 1.54) is 0 Å². The lowest BCUT2D eigenvalue weighted by atomic mass is 9.84. The number of hydrogen-bond acceptors (Lipinski definition) is 4. The van der Waals surface area contributed by atoms with E-state index < -0.39 is 0 Å². The Kier molecular flexibility index (Phi) is 2.77. The van der Waals surface area contributed by atoms with Crippen molar-refractivity contribution in [3.8, 4) is 11.4 Å². The van der Waals surface area contributed by atoms with Gasteiger partial charge in [-0.15, -0.1) is 5.10 Å². The van der Waals surface area contributed by atoms with Crippen molar-refractivity contribution < 1.29 is 0 Å². The van der Waals surface area contributed by atoms with E-state index in [0.29, 0.717) is 6.04 Å². The topological polar surface area (TPSA) is 55.6 Å². The molecule has 100 valence electrons. The van der Waals surface area contributed by atoms with Crippen LogP contribution in [0.3, 0.4) is 0 Å². The Morgan fingerprint density at radius 2 is 2.21 bits per heavy atom. The summed E-state index contributed by atoms with van der Waals surface area (Å²) in [4.78, 5) is 8.71. The minimum Gasteiger partial charge on any atom is -0.354 e. The molecule has 0 aromatic carbocycles. The van der Waals surface area contributed by atoms with Gasteiger partial charge >= 0.3 is 0 Å². The van der Waals surface area contributed by atoms with Crippen molar-refractivity contribution in [2.45, 2.75) is 33.2 Å². The SMILES string of the molecule is CC(C)(C)C1CCNc2nc(-c3cccnc3)nn21. The van der Waals surface area contributed by atoms with Crippen molar-refractivity contribution in [2.24, 2.45) is 5.41 Å². The van der Waals surface area contributed by atoms with E-state index in [9.17, 15) is 0 Å². The van der Waals surface area contributed by atoms with Gasteiger partial charge in [0.1, 0.15) is 0 Å². The van der Waals surface area contributed by atoms with E-state index in [2.05, 4.69) is 41.2 Å². The Bertz CT molecular complexity index is 567. The third-order valence-electron chi connectivity index (χ3n) is 3.55. The first-order valence-electron chi connectivity index (χ1n) is 6.66. The van der Waals surface area contributed by atoms with Crippen LogP contribution in [-0.2, 0) is 0 Å². The Morgan fingerprint density at radius 1 is 1.37 bits per heavy atom. The van der Waals surface area contributed by atoms with Gasteiger partial charge in [-0.05, 0) is 24.0 Å². The molecular weight excluding hydrogens is 238 g/mol. The van der Waals surface area contributed by atoms with Crippen LogP contribution in [0, 0.1) is 5.41 Å². The van der Waals surface area contributed by atoms with Crippen LogP contribution in [0.1, 0.15) is 33.2 Å². The molecule has 19 heavy (non-hydrogen) atoms. The molecule has 1 aliphatic rings. The minimum absolute atomic E-state index is 0.177. The van der Waals surface area contributed by atoms with Crippen LogP contribution < -0.4 is 5.32 Å². The predicted molar refractivity (Wildman–Crippen MR) is 74.9 cm³/mol. The van der Waals surface area contributed by atoms with E-state index >= 15 is 0 Å². The summed E-state index contributed by atoms with van der Waals surface area (Å²) < 4.78 is 2.03. The molecule has 0 saturated carbocycles. The number of pyridine rings is 1. The fourth-order valence-electron chi connectivity index (χ4n) is 2.52. The second kappa shape index (κ2) is 4.33. The average Bonchev–Trinajstić information content (AvgIpc) is 2.82. The Hall–Kier alpha value is -1.91. The summed E-state index contributed by atoms with van der Waals surface area (Å²) in [5, 5.41) is 8.00. The van der Waals surface area contributed by atoms with E-state index in [-0.39, 0.29) is 5.41 Å². The van der Waals surface area contributed by atoms with Gasteiger partial charge in [-0.2, -0.15) is 4.98 Å². The number of rotatable bonds is 1. The number of aromatic nitrogens is 4. The summed E-state index contributed by atoms with van der Waals surface area (Å²) in [5.41, 5.74) is 1.13. The quantitative estimate of drug-likeness (QED) is 0.853. The highest BCUT2D eigenvalue weighted by Crippen LogP contribution is 2.37. The summed E-state index contributed by atoms with van der Waals surface area (Å²) in [5.74, 6) is 1.61. The van der Waals surface area contributed by atoms with Gasteiger partial charge in [0, 0.05) is 24.5 Å². The van der Waals surface area contributed by atoms with Crippen molar-refractivity contribution in [1.82, 2.24) is 19.7 Å². The van der Waals surface area contributed by atoms with Crippen LogP contribution in [0.15, 0.2) is 24.5 Å². The number of hydrogen-bond donors (Lipinski definition) is 1. The zero-order chi connectivity index (χ0) is 13.5. The molecule has 0 amide bonds. The number of anilines is 1. The molecule has 0 aliphatic carbocycles. The molecule has 1 N–H and O–H groups in total. The summed E-state index contributed by atoms with van der Waals surface area (Å²) >= 11 is 0. The van der Waals surface area contributed by atoms with Crippen LogP contribution in [0.5, 0.6) is 0 Å². The molecule has 0 saturated heterocycles. The Balaban J connectivity index is 2.03. The lowest BCUT2D eigenvalue weighted by molar-refractivity contribution is 0.210. The first-order valence-corrected chi connectivity index (χ1v) is 6.66. The van der Waals surface area contributed by atoms with Crippen molar-refractivity contribution in [2.75, 3.05) is 11.9 Å². The van der Waals surface area contributed by atoms with Gasteiger partial charge in [0.2, 0.25) is 5.95 Å². The van der Waals surface area contributed by atoms with Gasteiger partial charge in [0.05, 0.1) is 6.04 Å². The Labute approximate surface area is 113 Å². The normalized spacial score (nSPS) is 18.8. The maximum absolute atomic E-state index is 4.67. The molecule has 0 spiro atoms. The highest BCUT2D eigenvalue weighted by atomic mass is 15.4. The molecule has 0 fully saturated rings. The fraction of sp³-hybridized carbons (Fsp3) is 0.500. The lowest BCUT2D eigenvalue weighted by Gasteiger charge is -2.34. The first-order chi connectivity index (χ1) is 9.05. The molecular formula is C14H19N5. The van der Waals surface area contributed by atoms with Crippen molar-refractivity contribution in [1.29, 1.82) is 0 Å².